The van der Waals surface area contributed by atoms with Gasteiger partial charge in [0.1, 0.15) is 12.8 Å². The molecule has 5 heteroatoms. The van der Waals surface area contributed by atoms with Gasteiger partial charge in [-0.1, -0.05) is 12.5 Å². The molecule has 114 valence electrons. The van der Waals surface area contributed by atoms with Crippen molar-refractivity contribution < 1.29 is 9.53 Å². The van der Waals surface area contributed by atoms with Crippen molar-refractivity contribution in [2.45, 2.75) is 25.2 Å². The van der Waals surface area contributed by atoms with Crippen LogP contribution in [0.3, 0.4) is 0 Å². The number of hydrogen-bond acceptors (Lipinski definition) is 3. The molecule has 2 atom stereocenters. The minimum Gasteiger partial charge on any atom is -0.364 e. The quantitative estimate of drug-likeness (QED) is 0.852. The van der Waals surface area contributed by atoms with Gasteiger partial charge in [-0.3, -0.25) is 4.79 Å². The van der Waals surface area contributed by atoms with E-state index in [1.165, 1.54) is 0 Å². The number of carbonyl (C=O) groups is 1. The fourth-order valence-corrected chi connectivity index (χ4v) is 3.41. The molecule has 0 spiro atoms. The second-order valence-electron chi connectivity index (χ2n) is 5.74. The molecule has 0 aliphatic heterocycles. The van der Waals surface area contributed by atoms with E-state index in [1.807, 2.05) is 6.07 Å². The highest BCUT2D eigenvalue weighted by molar-refractivity contribution is 5.87. The van der Waals surface area contributed by atoms with Crippen molar-refractivity contribution in [3.8, 4) is 6.07 Å². The highest BCUT2D eigenvalue weighted by Gasteiger charge is 2.34. The summed E-state index contributed by atoms with van der Waals surface area (Å²) in [6, 6.07) is 8.31. The largest absolute Gasteiger partial charge is 0.364 e. The van der Waals surface area contributed by atoms with E-state index in [4.69, 9.17) is 4.74 Å². The van der Waals surface area contributed by atoms with E-state index in [1.54, 1.807) is 13.3 Å². The van der Waals surface area contributed by atoms with Crippen LogP contribution in [0.25, 0.3) is 10.9 Å². The van der Waals surface area contributed by atoms with Crippen LogP contribution in [0.2, 0.25) is 0 Å². The van der Waals surface area contributed by atoms with Crippen LogP contribution in [0.5, 0.6) is 0 Å². The average Bonchev–Trinajstić information content (AvgIpc) is 3.18. The molecule has 1 aliphatic carbocycles. The Bertz CT molecular complexity index is 729. The van der Waals surface area contributed by atoms with Gasteiger partial charge in [-0.05, 0) is 36.5 Å². The summed E-state index contributed by atoms with van der Waals surface area (Å²) >= 11 is 0. The van der Waals surface area contributed by atoms with Crippen molar-refractivity contribution in [1.29, 1.82) is 5.26 Å². The smallest absolute Gasteiger partial charge is 0.225 e. The normalized spacial score (nSPS) is 20.9. The van der Waals surface area contributed by atoms with Gasteiger partial charge < -0.3 is 15.0 Å². The molecule has 5 nitrogen and oxygen atoms in total. The van der Waals surface area contributed by atoms with Gasteiger partial charge in [0, 0.05) is 30.1 Å². The van der Waals surface area contributed by atoms with Crippen LogP contribution in [0.15, 0.2) is 24.4 Å². The Morgan fingerprint density at radius 2 is 2.36 bits per heavy atom. The van der Waals surface area contributed by atoms with Crippen molar-refractivity contribution in [3.63, 3.8) is 0 Å². The molecule has 1 fully saturated rings. The lowest BCUT2D eigenvalue weighted by Crippen LogP contribution is -2.33. The second-order valence-corrected chi connectivity index (χ2v) is 5.74. The number of nitrogens with one attached hydrogen (secondary N) is 2. The lowest BCUT2D eigenvalue weighted by Gasteiger charge is -2.19. The first kappa shape index (κ1) is 14.6. The van der Waals surface area contributed by atoms with Crippen LogP contribution >= 0.6 is 0 Å². The molecule has 0 bridgehead atoms. The van der Waals surface area contributed by atoms with Gasteiger partial charge in [0.25, 0.3) is 0 Å². The third-order valence-corrected chi connectivity index (χ3v) is 4.50. The summed E-state index contributed by atoms with van der Waals surface area (Å²) in [5, 5.41) is 12.9. The number of aromatic nitrogens is 1. The predicted molar refractivity (Wildman–Crippen MR) is 83.1 cm³/mol. The molecule has 1 saturated carbocycles. The standard InChI is InChI=1S/C17H19N3O2/c1-22-10-20-17(21)14-4-2-3-13(14)11-5-6-16-15(7-11)12(8-18)9-19-16/h5-7,9,13-14,19H,2-4,10H2,1H3,(H,20,21)/t13-,14+/m0/s1. The average molecular weight is 297 g/mol. The number of nitrogens with zero attached hydrogens (tertiary/aromatic N) is 1. The molecular formula is C17H19N3O2. The molecule has 1 amide bonds. The fourth-order valence-electron chi connectivity index (χ4n) is 3.41. The Balaban J connectivity index is 1.89. The van der Waals surface area contributed by atoms with Crippen molar-refractivity contribution in [1.82, 2.24) is 10.3 Å². The van der Waals surface area contributed by atoms with Gasteiger partial charge in [0.2, 0.25) is 5.91 Å². The van der Waals surface area contributed by atoms with Gasteiger partial charge in [0.05, 0.1) is 5.56 Å². The highest BCUT2D eigenvalue weighted by Crippen LogP contribution is 2.40. The van der Waals surface area contributed by atoms with Gasteiger partial charge in [-0.25, -0.2) is 0 Å². The van der Waals surface area contributed by atoms with Crippen LogP contribution in [0, 0.1) is 17.2 Å². The minimum absolute atomic E-state index is 0.0166. The van der Waals surface area contributed by atoms with E-state index in [0.717, 1.165) is 35.7 Å². The maximum Gasteiger partial charge on any atom is 0.225 e. The molecule has 0 saturated heterocycles. The molecule has 0 unspecified atom stereocenters. The van der Waals surface area contributed by atoms with Crippen molar-refractivity contribution in [2.75, 3.05) is 13.8 Å². The van der Waals surface area contributed by atoms with E-state index in [-0.39, 0.29) is 24.5 Å². The summed E-state index contributed by atoms with van der Waals surface area (Å²) < 4.78 is 4.92. The number of H-pyrrole nitrogens is 1. The number of benzene rings is 1. The number of ether oxygens (including phenoxy) is 1. The monoisotopic (exact) mass is 297 g/mol. The number of aromatic amines is 1. The third kappa shape index (κ3) is 2.58. The van der Waals surface area contributed by atoms with Gasteiger partial charge >= 0.3 is 0 Å². The zero-order valence-electron chi connectivity index (χ0n) is 12.6. The zero-order valence-corrected chi connectivity index (χ0v) is 12.6. The molecule has 1 heterocycles. The number of hydrogen-bond donors (Lipinski definition) is 2. The van der Waals surface area contributed by atoms with E-state index >= 15 is 0 Å². The van der Waals surface area contributed by atoms with Gasteiger partial charge in [-0.2, -0.15) is 5.26 Å². The SMILES string of the molecule is COCNC(=O)[C@@H]1CCC[C@H]1c1ccc2[nH]cc(C#N)c2c1. The summed E-state index contributed by atoms with van der Waals surface area (Å²) in [6.07, 6.45) is 4.68. The molecule has 2 aromatic rings. The summed E-state index contributed by atoms with van der Waals surface area (Å²) in [4.78, 5) is 15.4. The van der Waals surface area contributed by atoms with Crippen LogP contribution in [-0.4, -0.2) is 24.7 Å². The third-order valence-electron chi connectivity index (χ3n) is 4.50. The number of amides is 1. The van der Waals surface area contributed by atoms with Crippen LogP contribution < -0.4 is 5.32 Å². The Labute approximate surface area is 129 Å². The Morgan fingerprint density at radius 1 is 1.50 bits per heavy atom. The summed E-state index contributed by atoms with van der Waals surface area (Å²) in [7, 11) is 1.57. The molecule has 1 aromatic heterocycles. The zero-order chi connectivity index (χ0) is 15.5. The number of rotatable bonds is 4. The van der Waals surface area contributed by atoms with Crippen LogP contribution in [-0.2, 0) is 9.53 Å². The maximum absolute atomic E-state index is 12.3. The first-order valence-electron chi connectivity index (χ1n) is 7.52. The number of fused-ring (bicyclic) bond motifs is 1. The van der Waals surface area contributed by atoms with Gasteiger partial charge in [-0.15, -0.1) is 0 Å². The van der Waals surface area contributed by atoms with E-state index < -0.39 is 0 Å². The van der Waals surface area contributed by atoms with Crippen LogP contribution in [0.4, 0.5) is 0 Å². The first-order chi connectivity index (χ1) is 10.7. The Morgan fingerprint density at radius 3 is 3.14 bits per heavy atom. The molecule has 2 N–H and O–H groups in total. The fraction of sp³-hybridized carbons (Fsp3) is 0.412. The molecular weight excluding hydrogens is 278 g/mol. The highest BCUT2D eigenvalue weighted by atomic mass is 16.5. The van der Waals surface area contributed by atoms with Crippen LogP contribution in [0.1, 0.15) is 36.3 Å². The molecule has 3 rings (SSSR count). The maximum atomic E-state index is 12.3. The van der Waals surface area contributed by atoms with Crippen molar-refractivity contribution >= 4 is 16.8 Å². The van der Waals surface area contributed by atoms with E-state index in [9.17, 15) is 10.1 Å². The minimum atomic E-state index is -0.0166. The molecule has 1 aromatic carbocycles. The lowest BCUT2D eigenvalue weighted by atomic mass is 9.87. The van der Waals surface area contributed by atoms with Crippen molar-refractivity contribution in [2.24, 2.45) is 5.92 Å². The summed E-state index contributed by atoms with van der Waals surface area (Å²) in [6.45, 7) is 0.247. The van der Waals surface area contributed by atoms with E-state index in [2.05, 4.69) is 28.5 Å². The molecule has 22 heavy (non-hydrogen) atoms. The second kappa shape index (κ2) is 6.20. The van der Waals surface area contributed by atoms with Gasteiger partial charge in [0.15, 0.2) is 0 Å². The summed E-state index contributed by atoms with van der Waals surface area (Å²) in [5.74, 6) is 0.249. The number of nitriles is 1. The molecule has 1 aliphatic rings. The first-order valence-corrected chi connectivity index (χ1v) is 7.52. The molecule has 0 radical (unpaired) electrons. The number of carbonyl (C=O) groups excluding carboxylic acids is 1. The number of methoxy groups -OCH3 is 1. The Hall–Kier alpha value is -2.32. The van der Waals surface area contributed by atoms with E-state index in [0.29, 0.717) is 5.56 Å². The lowest BCUT2D eigenvalue weighted by molar-refractivity contribution is -0.126. The summed E-state index contributed by atoms with van der Waals surface area (Å²) in [5.41, 5.74) is 2.74. The predicted octanol–water partition coefficient (Wildman–Crippen LogP) is 2.64. The Kier molecular flexibility index (Phi) is 4.12. The van der Waals surface area contributed by atoms with Crippen molar-refractivity contribution in [3.05, 3.63) is 35.5 Å². The topological polar surface area (TPSA) is 77.9 Å².